The van der Waals surface area contributed by atoms with Crippen LogP contribution in [0.4, 0.5) is 0 Å². The van der Waals surface area contributed by atoms with Gasteiger partial charge in [0.25, 0.3) is 10.0 Å². The van der Waals surface area contributed by atoms with Crippen molar-refractivity contribution in [3.05, 3.63) is 72.6 Å². The van der Waals surface area contributed by atoms with Crippen LogP contribution < -0.4 is 0 Å². The summed E-state index contributed by atoms with van der Waals surface area (Å²) in [7, 11) is -3.70. The van der Waals surface area contributed by atoms with Crippen molar-refractivity contribution < 1.29 is 8.42 Å². The minimum Gasteiger partial charge on any atom is -0.259 e. The Kier molecular flexibility index (Phi) is 4.24. The van der Waals surface area contributed by atoms with E-state index in [2.05, 4.69) is 11.9 Å². The Morgan fingerprint density at radius 1 is 0.923 bits per heavy atom. The van der Waals surface area contributed by atoms with Gasteiger partial charge in [-0.15, -0.1) is 0 Å². The maximum atomic E-state index is 13.3. The van der Waals surface area contributed by atoms with Crippen molar-refractivity contribution in [1.82, 2.24) is 8.96 Å². The van der Waals surface area contributed by atoms with E-state index in [0.29, 0.717) is 11.0 Å². The molecule has 0 saturated carbocycles. The molecule has 0 aliphatic carbocycles. The van der Waals surface area contributed by atoms with Crippen molar-refractivity contribution in [1.29, 1.82) is 0 Å². The molecule has 2 aromatic heterocycles. The van der Waals surface area contributed by atoms with Crippen molar-refractivity contribution in [2.75, 3.05) is 0 Å². The summed E-state index contributed by atoms with van der Waals surface area (Å²) in [6.07, 6.45) is 4.77. The Morgan fingerprint density at radius 2 is 1.65 bits per heavy atom. The number of unbranched alkanes of at least 4 members (excludes halogenated alkanes) is 1. The van der Waals surface area contributed by atoms with Crippen LogP contribution in [0, 0.1) is 0 Å². The first-order chi connectivity index (χ1) is 12.6. The van der Waals surface area contributed by atoms with E-state index >= 15 is 0 Å². The molecule has 2 heterocycles. The molecular formula is C21H20N2O2S. The number of benzene rings is 2. The summed E-state index contributed by atoms with van der Waals surface area (Å²) in [5, 5.41) is 1.86. The molecule has 0 aliphatic rings. The number of aryl methyl sites for hydroxylation is 1. The summed E-state index contributed by atoms with van der Waals surface area (Å²) in [5.74, 6) is 0. The first-order valence-corrected chi connectivity index (χ1v) is 10.3. The fourth-order valence-corrected chi connectivity index (χ4v) is 4.86. The van der Waals surface area contributed by atoms with Crippen LogP contribution in [0.5, 0.6) is 0 Å². The minimum atomic E-state index is -3.70. The third-order valence-electron chi connectivity index (χ3n) is 4.64. The molecule has 4 aromatic rings. The van der Waals surface area contributed by atoms with Gasteiger partial charge >= 0.3 is 0 Å². The lowest BCUT2D eigenvalue weighted by Gasteiger charge is -2.09. The maximum absolute atomic E-state index is 13.3. The van der Waals surface area contributed by atoms with E-state index in [1.165, 1.54) is 3.97 Å². The highest BCUT2D eigenvalue weighted by atomic mass is 32.2. The monoisotopic (exact) mass is 364 g/mol. The predicted molar refractivity (Wildman–Crippen MR) is 105 cm³/mol. The molecule has 4 nitrogen and oxygen atoms in total. The van der Waals surface area contributed by atoms with Crippen LogP contribution in [-0.2, 0) is 16.4 Å². The van der Waals surface area contributed by atoms with Gasteiger partial charge in [-0.05, 0) is 37.1 Å². The van der Waals surface area contributed by atoms with Crippen LogP contribution in [0.1, 0.15) is 25.5 Å². The molecule has 132 valence electrons. The third-order valence-corrected chi connectivity index (χ3v) is 6.38. The molecule has 2 aromatic carbocycles. The standard InChI is InChI=1S/C21H20N2O2S/c1-2-3-9-16-14-19-18-12-7-8-13-20(18)23(21(19)15-22-16)26(24,25)17-10-5-4-6-11-17/h4-8,10-15H,2-3,9H2,1H3. The second kappa shape index (κ2) is 6.57. The number of nitrogens with zero attached hydrogens (tertiary/aromatic N) is 2. The second-order valence-corrected chi connectivity index (χ2v) is 8.18. The van der Waals surface area contributed by atoms with Gasteiger partial charge in [0.2, 0.25) is 0 Å². The summed E-state index contributed by atoms with van der Waals surface area (Å²) in [5.41, 5.74) is 2.30. The van der Waals surface area contributed by atoms with E-state index in [9.17, 15) is 8.42 Å². The predicted octanol–water partition coefficient (Wildman–Crippen LogP) is 4.77. The number of aromatic nitrogens is 2. The van der Waals surface area contributed by atoms with Gasteiger partial charge in [0, 0.05) is 16.5 Å². The highest BCUT2D eigenvalue weighted by Crippen LogP contribution is 2.32. The highest BCUT2D eigenvalue weighted by molar-refractivity contribution is 7.90. The molecule has 0 spiro atoms. The zero-order valence-electron chi connectivity index (χ0n) is 14.6. The summed E-state index contributed by atoms with van der Waals surface area (Å²) in [6, 6.07) is 18.2. The fraction of sp³-hybridized carbons (Fsp3) is 0.190. The molecule has 0 radical (unpaired) electrons. The molecule has 5 heteroatoms. The lowest BCUT2D eigenvalue weighted by atomic mass is 10.1. The van der Waals surface area contributed by atoms with Gasteiger partial charge in [-0.2, -0.15) is 0 Å². The molecular weight excluding hydrogens is 344 g/mol. The third kappa shape index (κ3) is 2.69. The van der Waals surface area contributed by atoms with E-state index in [1.807, 2.05) is 36.4 Å². The molecule has 0 amide bonds. The smallest absolute Gasteiger partial charge is 0.259 e. The quantitative estimate of drug-likeness (QED) is 0.512. The molecule has 0 saturated heterocycles. The number of fused-ring (bicyclic) bond motifs is 3. The molecule has 26 heavy (non-hydrogen) atoms. The molecule has 0 bridgehead atoms. The average Bonchev–Trinajstić information content (AvgIpc) is 3.01. The lowest BCUT2D eigenvalue weighted by molar-refractivity contribution is 0.590. The van der Waals surface area contributed by atoms with Crippen LogP contribution in [0.15, 0.2) is 71.8 Å². The maximum Gasteiger partial charge on any atom is 0.268 e. The Morgan fingerprint density at radius 3 is 2.42 bits per heavy atom. The van der Waals surface area contributed by atoms with E-state index in [1.54, 1.807) is 30.5 Å². The molecule has 0 aliphatic heterocycles. The Labute approximate surface area is 153 Å². The van der Waals surface area contributed by atoms with Gasteiger partial charge in [-0.1, -0.05) is 49.7 Å². The summed E-state index contributed by atoms with van der Waals surface area (Å²) in [6.45, 7) is 2.15. The van der Waals surface area contributed by atoms with Crippen molar-refractivity contribution >= 4 is 31.8 Å². The summed E-state index contributed by atoms with van der Waals surface area (Å²) in [4.78, 5) is 4.80. The number of rotatable bonds is 5. The normalized spacial score (nSPS) is 12.0. The molecule has 0 fully saturated rings. The molecule has 4 rings (SSSR count). The van der Waals surface area contributed by atoms with E-state index in [4.69, 9.17) is 0 Å². The number of hydrogen-bond acceptors (Lipinski definition) is 3. The summed E-state index contributed by atoms with van der Waals surface area (Å²) < 4.78 is 28.1. The number of para-hydroxylation sites is 1. The zero-order valence-corrected chi connectivity index (χ0v) is 15.4. The van der Waals surface area contributed by atoms with Gasteiger partial charge in [0.05, 0.1) is 22.1 Å². The van der Waals surface area contributed by atoms with Gasteiger partial charge in [0.1, 0.15) is 0 Å². The van der Waals surface area contributed by atoms with E-state index < -0.39 is 10.0 Å². The number of pyridine rings is 1. The van der Waals surface area contributed by atoms with Gasteiger partial charge in [0.15, 0.2) is 0 Å². The zero-order chi connectivity index (χ0) is 18.1. The van der Waals surface area contributed by atoms with Crippen LogP contribution in [0.3, 0.4) is 0 Å². The van der Waals surface area contributed by atoms with E-state index in [-0.39, 0.29) is 4.90 Å². The van der Waals surface area contributed by atoms with Crippen molar-refractivity contribution in [2.45, 2.75) is 31.1 Å². The summed E-state index contributed by atoms with van der Waals surface area (Å²) >= 11 is 0. The lowest BCUT2D eigenvalue weighted by Crippen LogP contribution is -2.12. The van der Waals surface area contributed by atoms with Gasteiger partial charge in [-0.25, -0.2) is 12.4 Å². The van der Waals surface area contributed by atoms with Crippen LogP contribution in [-0.4, -0.2) is 17.4 Å². The van der Waals surface area contributed by atoms with Crippen molar-refractivity contribution in [3.8, 4) is 0 Å². The van der Waals surface area contributed by atoms with Crippen molar-refractivity contribution in [2.24, 2.45) is 0 Å². The van der Waals surface area contributed by atoms with Gasteiger partial charge in [-0.3, -0.25) is 4.98 Å². The Balaban J connectivity index is 2.02. The van der Waals surface area contributed by atoms with Crippen molar-refractivity contribution in [3.63, 3.8) is 0 Å². The average molecular weight is 364 g/mol. The van der Waals surface area contributed by atoms with Crippen LogP contribution in [0.25, 0.3) is 21.8 Å². The second-order valence-electron chi connectivity index (χ2n) is 6.40. The van der Waals surface area contributed by atoms with Crippen LogP contribution in [0.2, 0.25) is 0 Å². The first kappa shape index (κ1) is 16.8. The van der Waals surface area contributed by atoms with Gasteiger partial charge < -0.3 is 0 Å². The fourth-order valence-electron chi connectivity index (χ4n) is 3.33. The topological polar surface area (TPSA) is 52.0 Å². The SMILES string of the molecule is CCCCc1cc2c3ccccc3n(S(=O)(=O)c3ccccc3)c2cn1. The largest absolute Gasteiger partial charge is 0.268 e. The minimum absolute atomic E-state index is 0.276. The van der Waals surface area contributed by atoms with Crippen LogP contribution >= 0.6 is 0 Å². The molecule has 0 unspecified atom stereocenters. The molecule has 0 atom stereocenters. The number of hydrogen-bond donors (Lipinski definition) is 0. The Bertz CT molecular complexity index is 1180. The first-order valence-electron chi connectivity index (χ1n) is 8.81. The highest BCUT2D eigenvalue weighted by Gasteiger charge is 2.23. The molecule has 0 N–H and O–H groups in total. The van der Waals surface area contributed by atoms with E-state index in [0.717, 1.165) is 35.7 Å². The Hall–Kier alpha value is -2.66.